The standard InChI is InChI=1S/C17H30N2O/c18-13-17(9-4-10-17)11-16(20)19(15-7-8-15)12-14-5-2-1-3-6-14/h14-15H,1-13,18H2. The molecule has 0 radical (unpaired) electrons. The first-order valence-electron chi connectivity index (χ1n) is 8.72. The molecule has 0 saturated heterocycles. The smallest absolute Gasteiger partial charge is 0.223 e. The van der Waals surface area contributed by atoms with E-state index in [0.717, 1.165) is 25.3 Å². The first-order valence-corrected chi connectivity index (χ1v) is 8.72. The molecule has 3 rings (SSSR count). The lowest BCUT2D eigenvalue weighted by atomic mass is 9.66. The summed E-state index contributed by atoms with van der Waals surface area (Å²) in [4.78, 5) is 15.0. The Morgan fingerprint density at radius 2 is 1.75 bits per heavy atom. The molecule has 0 atom stereocenters. The number of hydrogen-bond donors (Lipinski definition) is 1. The molecule has 2 N–H and O–H groups in total. The summed E-state index contributed by atoms with van der Waals surface area (Å²) in [7, 11) is 0. The second-order valence-corrected chi connectivity index (χ2v) is 7.52. The Bertz CT molecular complexity index is 335. The maximum absolute atomic E-state index is 12.7. The lowest BCUT2D eigenvalue weighted by Crippen LogP contribution is -2.45. The third kappa shape index (κ3) is 3.19. The van der Waals surface area contributed by atoms with E-state index in [2.05, 4.69) is 4.90 Å². The zero-order chi connectivity index (χ0) is 14.0. The molecular formula is C17H30N2O. The second kappa shape index (κ2) is 6.05. The summed E-state index contributed by atoms with van der Waals surface area (Å²) in [6.45, 7) is 1.73. The van der Waals surface area contributed by atoms with E-state index in [9.17, 15) is 4.79 Å². The average Bonchev–Trinajstić information content (AvgIpc) is 3.25. The molecular weight excluding hydrogens is 248 g/mol. The summed E-state index contributed by atoms with van der Waals surface area (Å²) < 4.78 is 0. The Kier molecular flexibility index (Phi) is 4.34. The van der Waals surface area contributed by atoms with Crippen molar-refractivity contribution in [2.24, 2.45) is 17.1 Å². The second-order valence-electron chi connectivity index (χ2n) is 7.52. The van der Waals surface area contributed by atoms with Crippen molar-refractivity contribution < 1.29 is 4.79 Å². The van der Waals surface area contributed by atoms with E-state index in [1.807, 2.05) is 0 Å². The lowest BCUT2D eigenvalue weighted by Gasteiger charge is -2.42. The maximum atomic E-state index is 12.7. The van der Waals surface area contributed by atoms with Gasteiger partial charge in [0.05, 0.1) is 0 Å². The van der Waals surface area contributed by atoms with Gasteiger partial charge in [0, 0.05) is 19.0 Å². The summed E-state index contributed by atoms with van der Waals surface area (Å²) in [5.74, 6) is 1.17. The van der Waals surface area contributed by atoms with E-state index < -0.39 is 0 Å². The van der Waals surface area contributed by atoms with Gasteiger partial charge in [0.2, 0.25) is 5.91 Å². The van der Waals surface area contributed by atoms with Gasteiger partial charge in [-0.2, -0.15) is 0 Å². The number of nitrogens with zero attached hydrogens (tertiary/aromatic N) is 1. The molecule has 0 aromatic rings. The topological polar surface area (TPSA) is 46.3 Å². The number of amides is 1. The van der Waals surface area contributed by atoms with E-state index >= 15 is 0 Å². The fraction of sp³-hybridized carbons (Fsp3) is 0.941. The van der Waals surface area contributed by atoms with Crippen LogP contribution in [0, 0.1) is 11.3 Å². The van der Waals surface area contributed by atoms with Gasteiger partial charge < -0.3 is 10.6 Å². The van der Waals surface area contributed by atoms with Crippen molar-refractivity contribution >= 4 is 5.91 Å². The van der Waals surface area contributed by atoms with Crippen LogP contribution in [0.5, 0.6) is 0 Å². The van der Waals surface area contributed by atoms with Gasteiger partial charge in [0.25, 0.3) is 0 Å². The predicted molar refractivity (Wildman–Crippen MR) is 81.3 cm³/mol. The highest BCUT2D eigenvalue weighted by atomic mass is 16.2. The first kappa shape index (κ1) is 14.4. The summed E-state index contributed by atoms with van der Waals surface area (Å²) in [6, 6.07) is 0.569. The Morgan fingerprint density at radius 1 is 1.05 bits per heavy atom. The van der Waals surface area contributed by atoms with Crippen molar-refractivity contribution in [1.82, 2.24) is 4.90 Å². The molecule has 3 fully saturated rings. The highest BCUT2D eigenvalue weighted by molar-refractivity contribution is 5.77. The average molecular weight is 278 g/mol. The van der Waals surface area contributed by atoms with Gasteiger partial charge in [-0.25, -0.2) is 0 Å². The normalized spacial score (nSPS) is 26.1. The molecule has 0 aliphatic heterocycles. The van der Waals surface area contributed by atoms with Crippen LogP contribution in [-0.4, -0.2) is 29.9 Å². The van der Waals surface area contributed by atoms with Crippen molar-refractivity contribution in [1.29, 1.82) is 0 Å². The monoisotopic (exact) mass is 278 g/mol. The third-order valence-corrected chi connectivity index (χ3v) is 5.86. The molecule has 0 spiro atoms. The summed E-state index contributed by atoms with van der Waals surface area (Å²) in [5.41, 5.74) is 6.09. The zero-order valence-electron chi connectivity index (χ0n) is 12.8. The summed E-state index contributed by atoms with van der Waals surface area (Å²) in [5, 5.41) is 0. The van der Waals surface area contributed by atoms with Gasteiger partial charge in [0.1, 0.15) is 0 Å². The molecule has 0 heterocycles. The molecule has 3 aliphatic rings. The molecule has 0 unspecified atom stereocenters. The summed E-state index contributed by atoms with van der Waals surface area (Å²) in [6.07, 6.45) is 13.6. The first-order chi connectivity index (χ1) is 9.72. The Balaban J connectivity index is 1.56. The van der Waals surface area contributed by atoms with Crippen molar-refractivity contribution in [2.75, 3.05) is 13.1 Å². The van der Waals surface area contributed by atoms with Crippen molar-refractivity contribution in [3.8, 4) is 0 Å². The van der Waals surface area contributed by atoms with Crippen LogP contribution < -0.4 is 5.73 Å². The number of nitrogens with two attached hydrogens (primary N) is 1. The Morgan fingerprint density at radius 3 is 2.25 bits per heavy atom. The lowest BCUT2D eigenvalue weighted by molar-refractivity contribution is -0.136. The summed E-state index contributed by atoms with van der Waals surface area (Å²) >= 11 is 0. The van der Waals surface area contributed by atoms with Crippen LogP contribution in [0.2, 0.25) is 0 Å². The van der Waals surface area contributed by atoms with Crippen LogP contribution in [0.25, 0.3) is 0 Å². The quantitative estimate of drug-likeness (QED) is 0.811. The van der Waals surface area contributed by atoms with Crippen molar-refractivity contribution in [3.63, 3.8) is 0 Å². The Labute approximate surface area is 123 Å². The van der Waals surface area contributed by atoms with E-state index in [1.54, 1.807) is 0 Å². The van der Waals surface area contributed by atoms with Crippen LogP contribution in [0.4, 0.5) is 0 Å². The number of carbonyl (C=O) groups is 1. The molecule has 1 amide bonds. The van der Waals surface area contributed by atoms with Gasteiger partial charge >= 0.3 is 0 Å². The molecule has 114 valence electrons. The van der Waals surface area contributed by atoms with E-state index in [-0.39, 0.29) is 5.41 Å². The molecule has 3 aliphatic carbocycles. The van der Waals surface area contributed by atoms with Gasteiger partial charge in [0.15, 0.2) is 0 Å². The molecule has 0 aromatic heterocycles. The number of hydrogen-bond acceptors (Lipinski definition) is 2. The van der Waals surface area contributed by atoms with Gasteiger partial charge in [-0.05, 0) is 56.4 Å². The van der Waals surface area contributed by atoms with Gasteiger partial charge in [-0.1, -0.05) is 25.7 Å². The van der Waals surface area contributed by atoms with E-state index in [0.29, 0.717) is 24.9 Å². The van der Waals surface area contributed by atoms with Crippen LogP contribution in [-0.2, 0) is 4.79 Å². The highest BCUT2D eigenvalue weighted by Gasteiger charge is 2.41. The molecule has 3 heteroatoms. The predicted octanol–water partition coefficient (Wildman–Crippen LogP) is 3.08. The number of rotatable bonds is 6. The molecule has 0 bridgehead atoms. The van der Waals surface area contributed by atoms with Gasteiger partial charge in [-0.3, -0.25) is 4.79 Å². The molecule has 20 heavy (non-hydrogen) atoms. The fourth-order valence-electron chi connectivity index (χ4n) is 4.04. The highest BCUT2D eigenvalue weighted by Crippen LogP contribution is 2.44. The van der Waals surface area contributed by atoms with Gasteiger partial charge in [-0.15, -0.1) is 0 Å². The van der Waals surface area contributed by atoms with Crippen LogP contribution >= 0.6 is 0 Å². The van der Waals surface area contributed by atoms with Crippen molar-refractivity contribution in [2.45, 2.75) is 76.7 Å². The van der Waals surface area contributed by atoms with Crippen LogP contribution in [0.1, 0.15) is 70.6 Å². The van der Waals surface area contributed by atoms with Crippen LogP contribution in [0.15, 0.2) is 0 Å². The van der Waals surface area contributed by atoms with E-state index in [1.165, 1.54) is 51.4 Å². The minimum absolute atomic E-state index is 0.163. The Hall–Kier alpha value is -0.570. The minimum Gasteiger partial charge on any atom is -0.339 e. The van der Waals surface area contributed by atoms with Crippen LogP contribution in [0.3, 0.4) is 0 Å². The minimum atomic E-state index is 0.163. The molecule has 3 saturated carbocycles. The number of carbonyl (C=O) groups excluding carboxylic acids is 1. The largest absolute Gasteiger partial charge is 0.339 e. The fourth-order valence-corrected chi connectivity index (χ4v) is 4.04. The molecule has 0 aromatic carbocycles. The third-order valence-electron chi connectivity index (χ3n) is 5.86. The maximum Gasteiger partial charge on any atom is 0.223 e. The SMILES string of the molecule is NCC1(CC(=O)N(CC2CCCCC2)C2CC2)CCC1. The molecule has 3 nitrogen and oxygen atoms in total. The van der Waals surface area contributed by atoms with E-state index in [4.69, 9.17) is 5.73 Å². The zero-order valence-corrected chi connectivity index (χ0v) is 12.8. The van der Waals surface area contributed by atoms with Crippen molar-refractivity contribution in [3.05, 3.63) is 0 Å².